The number of nitrogens with zero attached hydrogens (tertiary/aromatic N) is 3. The van der Waals surface area contributed by atoms with Crippen molar-refractivity contribution in [3.05, 3.63) is 75.9 Å². The highest BCUT2D eigenvalue weighted by Crippen LogP contribution is 2.25. The number of anilines is 3. The SMILES string of the molecule is N#Cc1ccccc1Nc1ccc(C(=O)Nc2ccc(Cl)c(Cl)c2)nn1. The Morgan fingerprint density at radius 1 is 1.00 bits per heavy atom. The van der Waals surface area contributed by atoms with Gasteiger partial charge in [-0.1, -0.05) is 35.3 Å². The number of hydrogen-bond acceptors (Lipinski definition) is 5. The lowest BCUT2D eigenvalue weighted by molar-refractivity contribution is 0.102. The summed E-state index contributed by atoms with van der Waals surface area (Å²) in [5, 5.41) is 23.4. The summed E-state index contributed by atoms with van der Waals surface area (Å²) < 4.78 is 0. The van der Waals surface area contributed by atoms with Crippen molar-refractivity contribution >= 4 is 46.3 Å². The van der Waals surface area contributed by atoms with Gasteiger partial charge in [-0.25, -0.2) is 0 Å². The van der Waals surface area contributed by atoms with Gasteiger partial charge in [-0.3, -0.25) is 4.79 Å². The first kappa shape index (κ1) is 17.7. The molecule has 1 heterocycles. The lowest BCUT2D eigenvalue weighted by atomic mass is 10.2. The Hall–Kier alpha value is -3.14. The molecule has 0 aliphatic rings. The van der Waals surface area contributed by atoms with Crippen LogP contribution in [0.2, 0.25) is 10.0 Å². The summed E-state index contributed by atoms with van der Waals surface area (Å²) in [6.07, 6.45) is 0. The van der Waals surface area contributed by atoms with Gasteiger partial charge in [0.1, 0.15) is 6.07 Å². The molecule has 0 saturated carbocycles. The molecule has 128 valence electrons. The zero-order valence-corrected chi connectivity index (χ0v) is 14.7. The number of hydrogen-bond donors (Lipinski definition) is 2. The van der Waals surface area contributed by atoms with Gasteiger partial charge in [-0.2, -0.15) is 5.26 Å². The largest absolute Gasteiger partial charge is 0.338 e. The Labute approximate surface area is 159 Å². The van der Waals surface area contributed by atoms with Gasteiger partial charge in [0.25, 0.3) is 5.91 Å². The van der Waals surface area contributed by atoms with E-state index in [1.165, 1.54) is 6.07 Å². The maximum Gasteiger partial charge on any atom is 0.276 e. The van der Waals surface area contributed by atoms with Gasteiger partial charge >= 0.3 is 0 Å². The van der Waals surface area contributed by atoms with E-state index in [2.05, 4.69) is 26.9 Å². The van der Waals surface area contributed by atoms with Gasteiger partial charge in [-0.15, -0.1) is 10.2 Å². The van der Waals surface area contributed by atoms with Crippen molar-refractivity contribution in [2.24, 2.45) is 0 Å². The van der Waals surface area contributed by atoms with Crippen LogP contribution in [0, 0.1) is 11.3 Å². The number of aromatic nitrogens is 2. The lowest BCUT2D eigenvalue weighted by Gasteiger charge is -2.08. The van der Waals surface area contributed by atoms with Crippen molar-refractivity contribution in [3.8, 4) is 6.07 Å². The molecule has 2 aromatic carbocycles. The number of para-hydroxylation sites is 1. The normalized spacial score (nSPS) is 10.0. The number of halogens is 2. The summed E-state index contributed by atoms with van der Waals surface area (Å²) in [5.74, 6) is -0.0151. The molecule has 0 saturated heterocycles. The molecule has 3 rings (SSSR count). The number of benzene rings is 2. The maximum atomic E-state index is 12.2. The van der Waals surface area contributed by atoms with Gasteiger partial charge in [0.15, 0.2) is 11.5 Å². The predicted molar refractivity (Wildman–Crippen MR) is 101 cm³/mol. The van der Waals surface area contributed by atoms with E-state index < -0.39 is 5.91 Å². The first-order chi connectivity index (χ1) is 12.6. The third kappa shape index (κ3) is 4.09. The second-order valence-electron chi connectivity index (χ2n) is 5.17. The number of rotatable bonds is 4. The molecule has 0 unspecified atom stereocenters. The number of carbonyl (C=O) groups excluding carboxylic acids is 1. The molecule has 8 heteroatoms. The fourth-order valence-electron chi connectivity index (χ4n) is 2.12. The molecule has 2 N–H and O–H groups in total. The van der Waals surface area contributed by atoms with E-state index in [0.29, 0.717) is 32.8 Å². The highest BCUT2D eigenvalue weighted by molar-refractivity contribution is 6.42. The molecule has 3 aromatic rings. The van der Waals surface area contributed by atoms with Crippen LogP contribution in [-0.2, 0) is 0 Å². The van der Waals surface area contributed by atoms with Crippen LogP contribution in [0.25, 0.3) is 0 Å². The Kier molecular flexibility index (Phi) is 5.32. The van der Waals surface area contributed by atoms with Crippen LogP contribution in [0.3, 0.4) is 0 Å². The quantitative estimate of drug-likeness (QED) is 0.683. The van der Waals surface area contributed by atoms with E-state index >= 15 is 0 Å². The van der Waals surface area contributed by atoms with Crippen molar-refractivity contribution in [2.45, 2.75) is 0 Å². The monoisotopic (exact) mass is 383 g/mol. The topological polar surface area (TPSA) is 90.7 Å². The van der Waals surface area contributed by atoms with Crippen molar-refractivity contribution in [1.82, 2.24) is 10.2 Å². The number of nitriles is 1. The summed E-state index contributed by atoms with van der Waals surface area (Å²) >= 11 is 11.8. The van der Waals surface area contributed by atoms with E-state index in [0.717, 1.165) is 0 Å². The lowest BCUT2D eigenvalue weighted by Crippen LogP contribution is -2.14. The van der Waals surface area contributed by atoms with Gasteiger partial charge in [0, 0.05) is 5.69 Å². The fraction of sp³-hybridized carbons (Fsp3) is 0. The molecule has 26 heavy (non-hydrogen) atoms. The maximum absolute atomic E-state index is 12.2. The Bertz CT molecular complexity index is 999. The van der Waals surface area contributed by atoms with Crippen LogP contribution in [0.5, 0.6) is 0 Å². The van der Waals surface area contributed by atoms with Crippen LogP contribution in [0.1, 0.15) is 16.1 Å². The van der Waals surface area contributed by atoms with Gasteiger partial charge in [0.2, 0.25) is 0 Å². The Morgan fingerprint density at radius 3 is 2.50 bits per heavy atom. The third-order valence-corrected chi connectivity index (χ3v) is 4.12. The molecule has 0 radical (unpaired) electrons. The standard InChI is InChI=1S/C18H11Cl2N5O/c19-13-6-5-12(9-14(13)20)22-18(26)16-7-8-17(25-24-16)23-15-4-2-1-3-11(15)10-21/h1-9H,(H,22,26)(H,23,25). The zero-order valence-electron chi connectivity index (χ0n) is 13.2. The molecular weight excluding hydrogens is 373 g/mol. The first-order valence-electron chi connectivity index (χ1n) is 7.43. The highest BCUT2D eigenvalue weighted by Gasteiger charge is 2.10. The van der Waals surface area contributed by atoms with E-state index in [-0.39, 0.29) is 5.69 Å². The molecule has 0 spiro atoms. The third-order valence-electron chi connectivity index (χ3n) is 3.38. The van der Waals surface area contributed by atoms with Crippen LogP contribution < -0.4 is 10.6 Å². The molecule has 0 atom stereocenters. The molecule has 0 fully saturated rings. The van der Waals surface area contributed by atoms with Crippen LogP contribution in [-0.4, -0.2) is 16.1 Å². The number of nitrogens with one attached hydrogen (secondary N) is 2. The number of carbonyl (C=O) groups is 1. The molecule has 6 nitrogen and oxygen atoms in total. The van der Waals surface area contributed by atoms with Crippen molar-refractivity contribution < 1.29 is 4.79 Å². The van der Waals surface area contributed by atoms with Gasteiger partial charge < -0.3 is 10.6 Å². The van der Waals surface area contributed by atoms with Crippen LogP contribution in [0.15, 0.2) is 54.6 Å². The zero-order chi connectivity index (χ0) is 18.5. The molecule has 1 aromatic heterocycles. The Balaban J connectivity index is 1.71. The molecule has 0 bridgehead atoms. The average molecular weight is 384 g/mol. The second-order valence-corrected chi connectivity index (χ2v) is 5.98. The Morgan fingerprint density at radius 2 is 1.81 bits per heavy atom. The summed E-state index contributed by atoms with van der Waals surface area (Å²) in [6.45, 7) is 0. The summed E-state index contributed by atoms with van der Waals surface area (Å²) in [5.41, 5.74) is 1.72. The minimum atomic E-state index is -0.431. The van der Waals surface area contributed by atoms with Gasteiger partial charge in [-0.05, 0) is 42.5 Å². The van der Waals surface area contributed by atoms with E-state index in [9.17, 15) is 4.79 Å². The van der Waals surface area contributed by atoms with Crippen molar-refractivity contribution in [2.75, 3.05) is 10.6 Å². The summed E-state index contributed by atoms with van der Waals surface area (Å²) in [4.78, 5) is 12.2. The highest BCUT2D eigenvalue weighted by atomic mass is 35.5. The van der Waals surface area contributed by atoms with E-state index in [1.54, 1.807) is 48.5 Å². The predicted octanol–water partition coefficient (Wildman–Crippen LogP) is 4.65. The van der Waals surface area contributed by atoms with Crippen molar-refractivity contribution in [1.29, 1.82) is 5.26 Å². The van der Waals surface area contributed by atoms with Crippen LogP contribution in [0.4, 0.5) is 17.2 Å². The summed E-state index contributed by atoms with van der Waals surface area (Å²) in [7, 11) is 0. The molecule has 0 aliphatic carbocycles. The number of amides is 1. The van der Waals surface area contributed by atoms with E-state index in [1.807, 2.05) is 0 Å². The molecule has 0 aliphatic heterocycles. The second kappa shape index (κ2) is 7.83. The minimum absolute atomic E-state index is 0.134. The van der Waals surface area contributed by atoms with E-state index in [4.69, 9.17) is 28.5 Å². The fourth-order valence-corrected chi connectivity index (χ4v) is 2.41. The summed E-state index contributed by atoms with van der Waals surface area (Å²) in [6, 6.07) is 17.0. The average Bonchev–Trinajstić information content (AvgIpc) is 2.66. The first-order valence-corrected chi connectivity index (χ1v) is 8.18. The van der Waals surface area contributed by atoms with Crippen LogP contribution >= 0.6 is 23.2 Å². The van der Waals surface area contributed by atoms with Gasteiger partial charge in [0.05, 0.1) is 21.3 Å². The molecular formula is C18H11Cl2N5O. The van der Waals surface area contributed by atoms with Crippen molar-refractivity contribution in [3.63, 3.8) is 0 Å². The minimum Gasteiger partial charge on any atom is -0.338 e. The smallest absolute Gasteiger partial charge is 0.276 e. The molecule has 1 amide bonds.